The molecule has 0 radical (unpaired) electrons. The van der Waals surface area contributed by atoms with Gasteiger partial charge in [0.15, 0.2) is 0 Å². The van der Waals surface area contributed by atoms with Crippen molar-refractivity contribution in [3.63, 3.8) is 0 Å². The number of nitriles is 1. The molecule has 0 amide bonds. The van der Waals surface area contributed by atoms with Crippen molar-refractivity contribution >= 4 is 11.6 Å². The number of pyridine rings is 1. The van der Waals surface area contributed by atoms with Crippen molar-refractivity contribution in [3.8, 4) is 6.07 Å². The molecule has 2 fully saturated rings. The molecule has 3 unspecified atom stereocenters. The Morgan fingerprint density at radius 3 is 2.77 bits per heavy atom. The Balaban J connectivity index is 1.94. The molecular formula is C15H15ClF3N3. The highest BCUT2D eigenvalue weighted by Crippen LogP contribution is 2.54. The van der Waals surface area contributed by atoms with E-state index in [1.165, 1.54) is 4.90 Å². The van der Waals surface area contributed by atoms with E-state index in [9.17, 15) is 18.4 Å². The van der Waals surface area contributed by atoms with Gasteiger partial charge in [0.1, 0.15) is 5.41 Å². The lowest BCUT2D eigenvalue weighted by molar-refractivity contribution is -0.160. The summed E-state index contributed by atoms with van der Waals surface area (Å²) in [5.41, 5.74) is -0.312. The summed E-state index contributed by atoms with van der Waals surface area (Å²) in [6, 6.07) is 7.23. The molecule has 1 aromatic rings. The van der Waals surface area contributed by atoms with Crippen LogP contribution in [0.25, 0.3) is 0 Å². The number of nitrogens with zero attached hydrogens (tertiary/aromatic N) is 3. The molecular weight excluding hydrogens is 315 g/mol. The molecule has 2 aliphatic rings. The highest BCUT2D eigenvalue weighted by atomic mass is 35.5. The Bertz CT molecular complexity index is 600. The fourth-order valence-electron chi connectivity index (χ4n) is 3.80. The number of fused-ring (bicyclic) bond motifs is 2. The van der Waals surface area contributed by atoms with Gasteiger partial charge in [-0.2, -0.15) is 18.4 Å². The van der Waals surface area contributed by atoms with Crippen LogP contribution in [0, 0.1) is 11.3 Å². The molecule has 3 atom stereocenters. The topological polar surface area (TPSA) is 39.9 Å². The molecule has 0 N–H and O–H groups in total. The lowest BCUT2D eigenvalue weighted by Crippen LogP contribution is -2.56. The Morgan fingerprint density at radius 1 is 1.45 bits per heavy atom. The van der Waals surface area contributed by atoms with Crippen LogP contribution in [0.1, 0.15) is 31.4 Å². The molecule has 2 saturated heterocycles. The third-order valence-corrected chi connectivity index (χ3v) is 5.23. The smallest absolute Gasteiger partial charge is 0.273 e. The zero-order chi connectivity index (χ0) is 16.0. The molecule has 3 rings (SSSR count). The van der Waals surface area contributed by atoms with Gasteiger partial charge < -0.3 is 0 Å². The number of alkyl halides is 4. The van der Waals surface area contributed by atoms with E-state index in [2.05, 4.69) is 11.1 Å². The summed E-state index contributed by atoms with van der Waals surface area (Å²) in [4.78, 5) is 4.46. The second-order valence-corrected chi connectivity index (χ2v) is 6.85. The molecule has 2 bridgehead atoms. The number of halogens is 4. The third-order valence-electron chi connectivity index (χ3n) is 4.69. The fraction of sp³-hybridized carbons (Fsp3) is 0.600. The molecule has 0 aromatic carbocycles. The first-order chi connectivity index (χ1) is 10.3. The van der Waals surface area contributed by atoms with Gasteiger partial charge >= 0.3 is 6.18 Å². The second-order valence-electron chi connectivity index (χ2n) is 6.14. The summed E-state index contributed by atoms with van der Waals surface area (Å²) >= 11 is 6.53. The number of hydrogen-bond acceptors (Lipinski definition) is 3. The summed E-state index contributed by atoms with van der Waals surface area (Å²) in [6.07, 6.45) is -1.15. The van der Waals surface area contributed by atoms with Crippen molar-refractivity contribution < 1.29 is 13.2 Å². The average molecular weight is 330 g/mol. The van der Waals surface area contributed by atoms with Gasteiger partial charge in [0.25, 0.3) is 0 Å². The van der Waals surface area contributed by atoms with Gasteiger partial charge in [0.2, 0.25) is 0 Å². The number of piperidine rings is 1. The van der Waals surface area contributed by atoms with E-state index in [0.29, 0.717) is 25.0 Å². The van der Waals surface area contributed by atoms with Gasteiger partial charge in [-0.3, -0.25) is 9.88 Å². The average Bonchev–Trinajstić information content (AvgIpc) is 2.67. The van der Waals surface area contributed by atoms with Crippen LogP contribution in [0.5, 0.6) is 0 Å². The Labute approximate surface area is 131 Å². The normalized spacial score (nSPS) is 35.3. The van der Waals surface area contributed by atoms with Crippen molar-refractivity contribution in [2.75, 3.05) is 6.54 Å². The maximum atomic E-state index is 12.8. The third kappa shape index (κ3) is 2.57. The lowest BCUT2D eigenvalue weighted by Gasteiger charge is -2.47. The molecule has 3 heterocycles. The number of hydrogen-bond donors (Lipinski definition) is 0. The van der Waals surface area contributed by atoms with Crippen LogP contribution in [-0.2, 0) is 5.41 Å². The molecule has 0 saturated carbocycles. The summed E-state index contributed by atoms with van der Waals surface area (Å²) in [5, 5.41) is 9.70. The SMILES string of the molecule is N#CC1(c2ccccn2)CC2CCC(Cl)(C1)N2CC(F)(F)F. The maximum absolute atomic E-state index is 12.8. The van der Waals surface area contributed by atoms with Crippen molar-refractivity contribution in [3.05, 3.63) is 30.1 Å². The highest BCUT2D eigenvalue weighted by molar-refractivity contribution is 6.24. The Kier molecular flexibility index (Phi) is 3.61. The van der Waals surface area contributed by atoms with Gasteiger partial charge in [0.05, 0.1) is 23.3 Å². The van der Waals surface area contributed by atoms with Gasteiger partial charge in [-0.15, -0.1) is 11.6 Å². The molecule has 22 heavy (non-hydrogen) atoms. The monoisotopic (exact) mass is 329 g/mol. The molecule has 118 valence electrons. The largest absolute Gasteiger partial charge is 0.401 e. The zero-order valence-corrected chi connectivity index (χ0v) is 12.5. The lowest BCUT2D eigenvalue weighted by atomic mass is 9.73. The minimum atomic E-state index is -4.29. The molecule has 2 aliphatic heterocycles. The van der Waals surface area contributed by atoms with E-state index in [-0.39, 0.29) is 12.5 Å². The van der Waals surface area contributed by atoms with E-state index in [4.69, 9.17) is 11.6 Å². The first-order valence-corrected chi connectivity index (χ1v) is 7.51. The quantitative estimate of drug-likeness (QED) is 0.615. The van der Waals surface area contributed by atoms with E-state index in [1.54, 1.807) is 24.4 Å². The Hall–Kier alpha value is -1.32. The Morgan fingerprint density at radius 2 is 2.23 bits per heavy atom. The van der Waals surface area contributed by atoms with Crippen LogP contribution in [0.15, 0.2) is 24.4 Å². The second kappa shape index (κ2) is 5.10. The zero-order valence-electron chi connectivity index (χ0n) is 11.8. The summed E-state index contributed by atoms with van der Waals surface area (Å²) in [5.74, 6) is 0. The molecule has 0 aliphatic carbocycles. The van der Waals surface area contributed by atoms with Crippen LogP contribution in [0.3, 0.4) is 0 Å². The molecule has 7 heteroatoms. The van der Waals surface area contributed by atoms with Gasteiger partial charge in [0, 0.05) is 18.7 Å². The number of rotatable bonds is 2. The molecule has 1 aromatic heterocycles. The van der Waals surface area contributed by atoms with Crippen molar-refractivity contribution in [1.29, 1.82) is 5.26 Å². The first-order valence-electron chi connectivity index (χ1n) is 7.13. The predicted molar refractivity (Wildman–Crippen MR) is 75.1 cm³/mol. The predicted octanol–water partition coefficient (Wildman–Crippen LogP) is 3.60. The minimum absolute atomic E-state index is 0.168. The van der Waals surface area contributed by atoms with Crippen molar-refractivity contribution in [2.45, 2.75) is 48.3 Å². The van der Waals surface area contributed by atoms with Crippen LogP contribution in [0.2, 0.25) is 0 Å². The highest BCUT2D eigenvalue weighted by Gasteiger charge is 2.59. The summed E-state index contributed by atoms with van der Waals surface area (Å²) in [7, 11) is 0. The van der Waals surface area contributed by atoms with Gasteiger partial charge in [-0.1, -0.05) is 6.07 Å². The molecule has 0 spiro atoms. The van der Waals surface area contributed by atoms with Crippen LogP contribution in [-0.4, -0.2) is 33.6 Å². The van der Waals surface area contributed by atoms with E-state index in [0.717, 1.165) is 0 Å². The van der Waals surface area contributed by atoms with Crippen molar-refractivity contribution in [2.24, 2.45) is 0 Å². The van der Waals surface area contributed by atoms with Crippen LogP contribution < -0.4 is 0 Å². The van der Waals surface area contributed by atoms with Gasteiger partial charge in [-0.05, 0) is 31.4 Å². The van der Waals surface area contributed by atoms with E-state index < -0.39 is 23.1 Å². The first kappa shape index (κ1) is 15.6. The van der Waals surface area contributed by atoms with Crippen LogP contribution in [0.4, 0.5) is 13.2 Å². The minimum Gasteiger partial charge on any atom is -0.273 e. The number of aromatic nitrogens is 1. The summed E-state index contributed by atoms with van der Waals surface area (Å²) in [6.45, 7) is -1.02. The maximum Gasteiger partial charge on any atom is 0.401 e. The van der Waals surface area contributed by atoms with E-state index >= 15 is 0 Å². The molecule has 3 nitrogen and oxygen atoms in total. The summed E-state index contributed by atoms with van der Waals surface area (Å²) < 4.78 is 38.4. The van der Waals surface area contributed by atoms with Crippen molar-refractivity contribution in [1.82, 2.24) is 9.88 Å². The standard InChI is InChI=1S/C15H15ClF3N3/c16-14-5-4-11(22(14)10-15(17,18)19)7-13(8-14,9-20)12-3-1-2-6-21-12/h1-3,6,11H,4-5,7-8,10H2. The van der Waals surface area contributed by atoms with Crippen LogP contribution >= 0.6 is 11.6 Å². The van der Waals surface area contributed by atoms with Gasteiger partial charge in [-0.25, -0.2) is 0 Å². The van der Waals surface area contributed by atoms with E-state index in [1.807, 2.05) is 0 Å². The fourth-order valence-corrected chi connectivity index (χ4v) is 4.34.